The summed E-state index contributed by atoms with van der Waals surface area (Å²) < 4.78 is 3.64. The molecule has 2 aromatic carbocycles. The number of carbonyl (C=O) groups is 1. The second-order valence-corrected chi connectivity index (χ2v) is 7.54. The van der Waals surface area contributed by atoms with Crippen molar-refractivity contribution in [2.45, 2.75) is 13.0 Å². The van der Waals surface area contributed by atoms with E-state index in [0.717, 1.165) is 34.5 Å². The Morgan fingerprint density at radius 3 is 2.47 bits per heavy atom. The van der Waals surface area contributed by atoms with Crippen LogP contribution in [0.4, 0.5) is 11.6 Å². The van der Waals surface area contributed by atoms with Gasteiger partial charge in [-0.25, -0.2) is 9.50 Å². The van der Waals surface area contributed by atoms with Crippen molar-refractivity contribution in [2.24, 2.45) is 0 Å². The van der Waals surface area contributed by atoms with Crippen LogP contribution in [0.2, 0.25) is 0 Å². The van der Waals surface area contributed by atoms with E-state index in [1.807, 2.05) is 77.6 Å². The summed E-state index contributed by atoms with van der Waals surface area (Å²) in [4.78, 5) is 20.7. The second kappa shape index (κ2) is 8.35. The van der Waals surface area contributed by atoms with Crippen LogP contribution in [0.1, 0.15) is 11.1 Å². The lowest BCUT2D eigenvalue weighted by Gasteiger charge is -2.08. The zero-order chi connectivity index (χ0) is 21.9. The Morgan fingerprint density at radius 2 is 1.72 bits per heavy atom. The zero-order valence-electron chi connectivity index (χ0n) is 17.2. The Balaban J connectivity index is 1.20. The van der Waals surface area contributed by atoms with Gasteiger partial charge in [0.15, 0.2) is 5.65 Å². The van der Waals surface area contributed by atoms with E-state index in [0.29, 0.717) is 12.1 Å². The van der Waals surface area contributed by atoms with Crippen LogP contribution < -0.4 is 11.1 Å². The summed E-state index contributed by atoms with van der Waals surface area (Å²) in [7, 11) is 0. The van der Waals surface area contributed by atoms with Crippen LogP contribution >= 0.6 is 0 Å². The number of nitrogen functional groups attached to an aromatic ring is 1. The molecule has 0 aliphatic carbocycles. The van der Waals surface area contributed by atoms with Gasteiger partial charge in [-0.1, -0.05) is 36.4 Å². The maximum atomic E-state index is 12.5. The molecule has 0 saturated carbocycles. The van der Waals surface area contributed by atoms with Gasteiger partial charge in [-0.3, -0.25) is 4.79 Å². The number of anilines is 2. The zero-order valence-corrected chi connectivity index (χ0v) is 17.2. The number of imidazole rings is 1. The molecule has 32 heavy (non-hydrogen) atoms. The molecule has 0 saturated heterocycles. The second-order valence-electron chi connectivity index (χ2n) is 7.54. The topological polar surface area (TPSA) is 103 Å². The molecule has 0 unspecified atom stereocenters. The number of benzene rings is 2. The SMILES string of the molecule is Nc1nc2cc(-c3ccc(CC(=O)Nc4ccc(Cn5ccnc5)cc4)cc3)ccn2n1. The number of fused-ring (bicyclic) bond motifs is 1. The maximum absolute atomic E-state index is 12.5. The number of aromatic nitrogens is 5. The average Bonchev–Trinajstić information content (AvgIpc) is 3.43. The summed E-state index contributed by atoms with van der Waals surface area (Å²) in [5.41, 5.74) is 11.3. The van der Waals surface area contributed by atoms with Gasteiger partial charge in [0.05, 0.1) is 12.7 Å². The number of rotatable bonds is 6. The van der Waals surface area contributed by atoms with Crippen molar-refractivity contribution in [3.8, 4) is 11.1 Å². The van der Waals surface area contributed by atoms with Gasteiger partial charge in [0.1, 0.15) is 0 Å². The van der Waals surface area contributed by atoms with Crippen molar-refractivity contribution in [1.82, 2.24) is 24.1 Å². The van der Waals surface area contributed by atoms with Crippen molar-refractivity contribution < 1.29 is 4.79 Å². The Morgan fingerprint density at radius 1 is 0.938 bits per heavy atom. The third kappa shape index (κ3) is 4.34. The molecule has 3 N–H and O–H groups in total. The number of nitrogens with one attached hydrogen (secondary N) is 1. The highest BCUT2D eigenvalue weighted by Crippen LogP contribution is 2.21. The van der Waals surface area contributed by atoms with E-state index in [-0.39, 0.29) is 11.9 Å². The first-order valence-electron chi connectivity index (χ1n) is 10.2. The van der Waals surface area contributed by atoms with Crippen molar-refractivity contribution >= 4 is 23.2 Å². The van der Waals surface area contributed by atoms with Crippen molar-refractivity contribution in [2.75, 3.05) is 11.1 Å². The minimum Gasteiger partial charge on any atom is -0.366 e. The molecule has 8 heteroatoms. The van der Waals surface area contributed by atoms with Gasteiger partial charge in [-0.15, -0.1) is 5.10 Å². The van der Waals surface area contributed by atoms with Crippen LogP contribution in [0.5, 0.6) is 0 Å². The van der Waals surface area contributed by atoms with Crippen molar-refractivity contribution in [3.63, 3.8) is 0 Å². The maximum Gasteiger partial charge on any atom is 0.240 e. The minimum absolute atomic E-state index is 0.0551. The quantitative estimate of drug-likeness (QED) is 0.436. The number of hydrogen-bond donors (Lipinski definition) is 2. The van der Waals surface area contributed by atoms with Gasteiger partial charge in [0.2, 0.25) is 11.9 Å². The molecule has 0 atom stereocenters. The highest BCUT2D eigenvalue weighted by molar-refractivity contribution is 5.92. The molecule has 5 aromatic rings. The van der Waals surface area contributed by atoms with E-state index in [1.54, 1.807) is 17.0 Å². The van der Waals surface area contributed by atoms with Crippen LogP contribution in [0.15, 0.2) is 85.6 Å². The van der Waals surface area contributed by atoms with Gasteiger partial charge in [0, 0.05) is 30.8 Å². The number of pyridine rings is 1. The van der Waals surface area contributed by atoms with E-state index in [2.05, 4.69) is 20.4 Å². The highest BCUT2D eigenvalue weighted by atomic mass is 16.1. The summed E-state index contributed by atoms with van der Waals surface area (Å²) in [6, 6.07) is 19.7. The fraction of sp³-hybridized carbons (Fsp3) is 0.0833. The third-order valence-electron chi connectivity index (χ3n) is 5.17. The number of amides is 1. The summed E-state index contributed by atoms with van der Waals surface area (Å²) in [5, 5.41) is 7.04. The van der Waals surface area contributed by atoms with Gasteiger partial charge in [0.25, 0.3) is 0 Å². The monoisotopic (exact) mass is 423 g/mol. The number of nitrogens with two attached hydrogens (primary N) is 1. The van der Waals surface area contributed by atoms with Gasteiger partial charge in [-0.2, -0.15) is 4.98 Å². The van der Waals surface area contributed by atoms with E-state index >= 15 is 0 Å². The van der Waals surface area contributed by atoms with E-state index in [1.165, 1.54) is 0 Å². The first-order valence-corrected chi connectivity index (χ1v) is 10.2. The van der Waals surface area contributed by atoms with Crippen LogP contribution in [-0.4, -0.2) is 30.1 Å². The molecule has 0 aliphatic rings. The standard InChI is InChI=1S/C24H21N7O/c25-24-28-22-14-20(9-11-31(22)29-24)19-5-1-17(2-6-19)13-23(32)27-21-7-3-18(4-8-21)15-30-12-10-26-16-30/h1-12,14,16H,13,15H2,(H2,25,29)(H,27,32). The first-order chi connectivity index (χ1) is 15.6. The Labute approximate surface area is 184 Å². The lowest BCUT2D eigenvalue weighted by Crippen LogP contribution is -2.14. The predicted octanol–water partition coefficient (Wildman–Crippen LogP) is 3.40. The number of hydrogen-bond acceptors (Lipinski definition) is 5. The van der Waals surface area contributed by atoms with Crippen LogP contribution in [-0.2, 0) is 17.8 Å². The fourth-order valence-corrected chi connectivity index (χ4v) is 3.57. The van der Waals surface area contributed by atoms with Crippen LogP contribution in [0.3, 0.4) is 0 Å². The van der Waals surface area contributed by atoms with Gasteiger partial charge >= 0.3 is 0 Å². The summed E-state index contributed by atoms with van der Waals surface area (Å²) in [6.45, 7) is 0.748. The van der Waals surface area contributed by atoms with Gasteiger partial charge in [-0.05, 0) is 46.5 Å². The van der Waals surface area contributed by atoms with Gasteiger partial charge < -0.3 is 15.6 Å². The van der Waals surface area contributed by atoms with E-state index < -0.39 is 0 Å². The smallest absolute Gasteiger partial charge is 0.240 e. The fourth-order valence-electron chi connectivity index (χ4n) is 3.57. The van der Waals surface area contributed by atoms with E-state index in [4.69, 9.17) is 5.73 Å². The summed E-state index contributed by atoms with van der Waals surface area (Å²) in [6.07, 6.45) is 7.59. The Hall–Kier alpha value is -4.46. The molecule has 3 heterocycles. The first kappa shape index (κ1) is 19.5. The number of carbonyl (C=O) groups excluding carboxylic acids is 1. The lowest BCUT2D eigenvalue weighted by molar-refractivity contribution is -0.115. The third-order valence-corrected chi connectivity index (χ3v) is 5.17. The summed E-state index contributed by atoms with van der Waals surface area (Å²) in [5.74, 6) is 0.191. The van der Waals surface area contributed by atoms with Crippen molar-refractivity contribution in [3.05, 3.63) is 96.7 Å². The molecule has 0 fully saturated rings. The lowest BCUT2D eigenvalue weighted by atomic mass is 10.0. The normalized spacial score (nSPS) is 11.0. The average molecular weight is 423 g/mol. The molecule has 3 aromatic heterocycles. The molecule has 0 bridgehead atoms. The number of nitrogens with zero attached hydrogens (tertiary/aromatic N) is 5. The van der Waals surface area contributed by atoms with Crippen LogP contribution in [0, 0.1) is 0 Å². The summed E-state index contributed by atoms with van der Waals surface area (Å²) >= 11 is 0. The molecule has 0 aliphatic heterocycles. The molecular formula is C24H21N7O. The van der Waals surface area contributed by atoms with E-state index in [9.17, 15) is 4.79 Å². The molecule has 1 amide bonds. The van der Waals surface area contributed by atoms with Crippen LogP contribution in [0.25, 0.3) is 16.8 Å². The largest absolute Gasteiger partial charge is 0.366 e. The predicted molar refractivity (Wildman–Crippen MR) is 123 cm³/mol. The molecule has 158 valence electrons. The van der Waals surface area contributed by atoms with Crippen molar-refractivity contribution in [1.29, 1.82) is 0 Å². The molecule has 0 radical (unpaired) electrons. The minimum atomic E-state index is -0.0551. The molecular weight excluding hydrogens is 402 g/mol. The molecule has 8 nitrogen and oxygen atoms in total. The highest BCUT2D eigenvalue weighted by Gasteiger charge is 2.07. The Kier molecular flexibility index (Phi) is 5.09. The molecule has 0 spiro atoms. The Bertz CT molecular complexity index is 1350. The molecule has 5 rings (SSSR count).